The van der Waals surface area contributed by atoms with Gasteiger partial charge in [0.1, 0.15) is 5.82 Å². The van der Waals surface area contributed by atoms with Gasteiger partial charge in [-0.25, -0.2) is 9.78 Å². The van der Waals surface area contributed by atoms with Crippen LogP contribution in [-0.4, -0.2) is 36.8 Å². The van der Waals surface area contributed by atoms with Crippen LogP contribution in [0.25, 0.3) is 22.1 Å². The number of carbonyl (C=O) groups is 1. The van der Waals surface area contributed by atoms with E-state index in [4.69, 9.17) is 4.42 Å². The minimum Gasteiger partial charge on any atom is -0.407 e. The van der Waals surface area contributed by atoms with Crippen LogP contribution >= 0.6 is 0 Å². The number of nitrogens with one attached hydrogen (secondary N) is 1. The van der Waals surface area contributed by atoms with Gasteiger partial charge in [-0.1, -0.05) is 12.1 Å². The number of H-pyrrole nitrogens is 1. The Balaban J connectivity index is 1.27. The number of fused-ring (bicyclic) bond motifs is 2. The van der Waals surface area contributed by atoms with Crippen LogP contribution in [0.1, 0.15) is 37.5 Å². The molecule has 1 amide bonds. The molecule has 0 saturated carbocycles. The normalized spacial score (nSPS) is 16.2. The molecule has 0 spiro atoms. The number of hydrogen-bond acceptors (Lipinski definition) is 6. The molecule has 10 heteroatoms. The fourth-order valence-electron chi connectivity index (χ4n) is 4.39. The number of carbonyl (C=O) groups excluding carboxylic acids is 1. The summed E-state index contributed by atoms with van der Waals surface area (Å²) in [6, 6.07) is 11.8. The molecule has 1 unspecified atom stereocenters. The van der Waals surface area contributed by atoms with Gasteiger partial charge in [-0.15, -0.1) is 0 Å². The maximum atomic E-state index is 12.9. The van der Waals surface area contributed by atoms with Crippen molar-refractivity contribution >= 4 is 33.7 Å². The van der Waals surface area contributed by atoms with Crippen LogP contribution in [0.5, 0.6) is 0 Å². The second kappa shape index (κ2) is 7.95. The van der Waals surface area contributed by atoms with Gasteiger partial charge in [-0.05, 0) is 37.5 Å². The molecule has 4 aromatic rings. The lowest BCUT2D eigenvalue weighted by Crippen LogP contribution is -2.31. The van der Waals surface area contributed by atoms with Crippen LogP contribution in [0.4, 0.5) is 5.69 Å². The Labute approximate surface area is 181 Å². The molecule has 2 aromatic carbocycles. The summed E-state index contributed by atoms with van der Waals surface area (Å²) < 4.78 is 6.56. The van der Waals surface area contributed by atoms with Crippen molar-refractivity contribution in [2.24, 2.45) is 0 Å². The number of aryl methyl sites for hydroxylation is 1. The topological polar surface area (TPSA) is 127 Å². The van der Waals surface area contributed by atoms with Crippen molar-refractivity contribution in [3.8, 4) is 0 Å². The van der Waals surface area contributed by atoms with Crippen molar-refractivity contribution in [1.29, 1.82) is 0 Å². The molecule has 3 heterocycles. The van der Waals surface area contributed by atoms with Crippen molar-refractivity contribution < 1.29 is 14.1 Å². The van der Waals surface area contributed by atoms with Crippen LogP contribution in [0, 0.1) is 10.1 Å². The first-order chi connectivity index (χ1) is 15.5. The number of nitro groups is 1. The average molecular weight is 435 g/mol. The van der Waals surface area contributed by atoms with Crippen molar-refractivity contribution in [2.45, 2.75) is 38.3 Å². The third-order valence-electron chi connectivity index (χ3n) is 5.93. The predicted octanol–water partition coefficient (Wildman–Crippen LogP) is 3.52. The number of amides is 1. The smallest absolute Gasteiger partial charge is 0.407 e. The summed E-state index contributed by atoms with van der Waals surface area (Å²) in [5.41, 5.74) is 2.34. The number of aromatic nitrogens is 3. The minimum absolute atomic E-state index is 0.0180. The van der Waals surface area contributed by atoms with Crippen molar-refractivity contribution in [2.75, 3.05) is 6.54 Å². The molecule has 32 heavy (non-hydrogen) atoms. The lowest BCUT2D eigenvalue weighted by atomic mass is 10.2. The first kappa shape index (κ1) is 20.0. The highest BCUT2D eigenvalue weighted by atomic mass is 16.6. The maximum absolute atomic E-state index is 12.9. The van der Waals surface area contributed by atoms with E-state index in [1.165, 1.54) is 22.8 Å². The number of rotatable bonds is 6. The van der Waals surface area contributed by atoms with Crippen LogP contribution in [0.2, 0.25) is 0 Å². The molecule has 0 radical (unpaired) electrons. The van der Waals surface area contributed by atoms with Crippen LogP contribution < -0.4 is 5.76 Å². The Hall–Kier alpha value is -3.95. The summed E-state index contributed by atoms with van der Waals surface area (Å²) in [6.45, 7) is 0.970. The second-order valence-electron chi connectivity index (χ2n) is 7.92. The van der Waals surface area contributed by atoms with E-state index < -0.39 is 10.7 Å². The van der Waals surface area contributed by atoms with Gasteiger partial charge in [0.15, 0.2) is 5.58 Å². The third kappa shape index (κ3) is 3.53. The minimum atomic E-state index is -0.589. The maximum Gasteiger partial charge on any atom is 0.419 e. The zero-order valence-corrected chi connectivity index (χ0v) is 17.2. The van der Waals surface area contributed by atoms with E-state index in [2.05, 4.69) is 9.97 Å². The molecule has 164 valence electrons. The van der Waals surface area contributed by atoms with E-state index in [1.54, 1.807) is 0 Å². The summed E-state index contributed by atoms with van der Waals surface area (Å²) in [4.78, 5) is 45.4. The van der Waals surface area contributed by atoms with Crippen LogP contribution in [0.3, 0.4) is 0 Å². The number of aromatic amines is 1. The zero-order valence-electron chi connectivity index (χ0n) is 17.2. The monoisotopic (exact) mass is 435 g/mol. The zero-order chi connectivity index (χ0) is 22.2. The number of non-ortho nitro benzene ring substituents is 1. The van der Waals surface area contributed by atoms with Crippen LogP contribution in [0.15, 0.2) is 51.7 Å². The largest absolute Gasteiger partial charge is 0.419 e. The number of benzene rings is 2. The molecule has 1 atom stereocenters. The number of oxazole rings is 1. The molecule has 1 N–H and O–H groups in total. The third-order valence-corrected chi connectivity index (χ3v) is 5.93. The quantitative estimate of drug-likeness (QED) is 0.365. The van der Waals surface area contributed by atoms with E-state index in [0.717, 1.165) is 29.7 Å². The Morgan fingerprint density at radius 1 is 1.28 bits per heavy atom. The molecule has 1 saturated heterocycles. The fourth-order valence-corrected chi connectivity index (χ4v) is 4.39. The lowest BCUT2D eigenvalue weighted by molar-refractivity contribution is -0.384. The Morgan fingerprint density at radius 3 is 2.94 bits per heavy atom. The first-order valence-electron chi connectivity index (χ1n) is 10.5. The van der Waals surface area contributed by atoms with Gasteiger partial charge >= 0.3 is 5.76 Å². The summed E-state index contributed by atoms with van der Waals surface area (Å²) in [7, 11) is 0. The van der Waals surface area contributed by atoms with Crippen molar-refractivity contribution in [3.05, 3.63) is 69.0 Å². The highest BCUT2D eigenvalue weighted by Crippen LogP contribution is 2.32. The summed E-state index contributed by atoms with van der Waals surface area (Å²) in [5.74, 6) is 0.231. The summed E-state index contributed by atoms with van der Waals surface area (Å²) in [5, 5.41) is 10.9. The lowest BCUT2D eigenvalue weighted by Gasteiger charge is -2.23. The summed E-state index contributed by atoms with van der Waals surface area (Å²) in [6.07, 6.45) is 2.50. The molecule has 5 rings (SSSR count). The fraction of sp³-hybridized carbons (Fsp3) is 0.318. The van der Waals surface area contributed by atoms with E-state index in [9.17, 15) is 19.7 Å². The molecule has 0 bridgehead atoms. The van der Waals surface area contributed by atoms with Gasteiger partial charge in [0.2, 0.25) is 5.91 Å². The number of nitro benzene ring substituents is 1. The average Bonchev–Trinajstić information content (AvgIpc) is 3.49. The molecular weight excluding hydrogens is 414 g/mol. The van der Waals surface area contributed by atoms with E-state index >= 15 is 0 Å². The van der Waals surface area contributed by atoms with E-state index in [1.807, 2.05) is 29.2 Å². The highest BCUT2D eigenvalue weighted by Gasteiger charge is 2.31. The Morgan fingerprint density at radius 2 is 2.12 bits per heavy atom. The van der Waals surface area contributed by atoms with Gasteiger partial charge in [0, 0.05) is 25.6 Å². The molecule has 0 aliphatic carbocycles. The second-order valence-corrected chi connectivity index (χ2v) is 7.92. The Kier molecular flexibility index (Phi) is 4.96. The van der Waals surface area contributed by atoms with Crippen LogP contribution in [-0.2, 0) is 11.3 Å². The number of nitrogens with zero attached hydrogens (tertiary/aromatic N) is 4. The van der Waals surface area contributed by atoms with E-state index in [-0.39, 0.29) is 29.6 Å². The van der Waals surface area contributed by atoms with Gasteiger partial charge in [-0.3, -0.25) is 19.5 Å². The molecule has 1 aliphatic heterocycles. The predicted molar refractivity (Wildman–Crippen MR) is 116 cm³/mol. The molecule has 1 fully saturated rings. The number of likely N-dealkylation sites (tertiary alicyclic amines) is 1. The number of para-hydroxylation sites is 2. The van der Waals surface area contributed by atoms with Gasteiger partial charge in [-0.2, -0.15) is 0 Å². The standard InChI is InChI=1S/C22H21N5O5/c28-20(25-11-3-7-18(25)21-23-15-5-1-2-6-16(15)24-21)8-4-12-26-17-10-9-14(27(30)31)13-19(17)32-22(26)29/h1-2,5-6,9-10,13,18H,3-4,7-8,11-12H2,(H,23,24). The van der Waals surface area contributed by atoms with Gasteiger partial charge in [0.25, 0.3) is 5.69 Å². The molecule has 1 aliphatic rings. The van der Waals surface area contributed by atoms with Gasteiger partial charge in [0.05, 0.1) is 33.6 Å². The van der Waals surface area contributed by atoms with Crippen molar-refractivity contribution in [3.63, 3.8) is 0 Å². The molecule has 2 aromatic heterocycles. The first-order valence-corrected chi connectivity index (χ1v) is 10.5. The SMILES string of the molecule is O=C(CCCn1c(=O)oc2cc([N+](=O)[O-])ccc21)N1CCCC1c1nc2ccccc2[nH]1. The van der Waals surface area contributed by atoms with Gasteiger partial charge < -0.3 is 14.3 Å². The summed E-state index contributed by atoms with van der Waals surface area (Å²) >= 11 is 0. The highest BCUT2D eigenvalue weighted by molar-refractivity contribution is 5.78. The number of imidazole rings is 1. The molecular formula is C22H21N5O5. The van der Waals surface area contributed by atoms with E-state index in [0.29, 0.717) is 25.0 Å². The number of hydrogen-bond donors (Lipinski definition) is 1. The van der Waals surface area contributed by atoms with Crippen molar-refractivity contribution in [1.82, 2.24) is 19.4 Å². The Bertz CT molecular complexity index is 1350. The molecule has 10 nitrogen and oxygen atoms in total.